The minimum Gasteiger partial charge on any atom is -0.381 e. The van der Waals surface area contributed by atoms with Gasteiger partial charge in [-0.15, -0.1) is 12.4 Å². The molecule has 0 saturated carbocycles. The summed E-state index contributed by atoms with van der Waals surface area (Å²) in [4.78, 5) is 14.6. The van der Waals surface area contributed by atoms with Crippen molar-refractivity contribution < 1.29 is 14.3 Å². The molecule has 6 heteroatoms. The fraction of sp³-hybridized carbons (Fsp3) is 0.923. The number of ether oxygens (including phenoxy) is 2. The van der Waals surface area contributed by atoms with Crippen molar-refractivity contribution in [2.75, 3.05) is 39.5 Å². The molecule has 112 valence electrons. The number of morpholine rings is 1. The van der Waals surface area contributed by atoms with E-state index in [1.165, 1.54) is 0 Å². The molecule has 2 saturated heterocycles. The standard InChI is InChI=1S/C13H24N2O3.ClH/c1-2-11-9-15(5-8-18-11)12(16)13(10-14)3-6-17-7-4-13;/h11H,2-10,14H2,1H3;1H. The summed E-state index contributed by atoms with van der Waals surface area (Å²) in [7, 11) is 0. The smallest absolute Gasteiger partial charge is 0.230 e. The monoisotopic (exact) mass is 292 g/mol. The van der Waals surface area contributed by atoms with Crippen LogP contribution in [0.25, 0.3) is 0 Å². The van der Waals surface area contributed by atoms with Gasteiger partial charge in [0, 0.05) is 32.8 Å². The maximum absolute atomic E-state index is 12.7. The second-order valence-electron chi connectivity index (χ2n) is 5.25. The Morgan fingerprint density at radius 2 is 2.05 bits per heavy atom. The third kappa shape index (κ3) is 3.60. The first-order valence-electron chi connectivity index (χ1n) is 6.90. The van der Waals surface area contributed by atoms with Crippen LogP contribution in [-0.4, -0.2) is 56.4 Å². The number of halogens is 1. The summed E-state index contributed by atoms with van der Waals surface area (Å²) in [5.74, 6) is 0.204. The summed E-state index contributed by atoms with van der Waals surface area (Å²) in [6, 6.07) is 0. The summed E-state index contributed by atoms with van der Waals surface area (Å²) in [6.45, 7) is 5.83. The molecule has 2 N–H and O–H groups in total. The summed E-state index contributed by atoms with van der Waals surface area (Å²) in [6.07, 6.45) is 2.62. The predicted molar refractivity (Wildman–Crippen MR) is 75.4 cm³/mol. The maximum Gasteiger partial charge on any atom is 0.230 e. The normalized spacial score (nSPS) is 26.6. The second kappa shape index (κ2) is 7.43. The average Bonchev–Trinajstić information content (AvgIpc) is 2.47. The molecule has 2 aliphatic heterocycles. The van der Waals surface area contributed by atoms with E-state index in [0.29, 0.717) is 39.5 Å². The number of hydrogen-bond donors (Lipinski definition) is 1. The highest BCUT2D eigenvalue weighted by Crippen LogP contribution is 2.32. The van der Waals surface area contributed by atoms with Gasteiger partial charge in [0.05, 0.1) is 18.1 Å². The zero-order valence-electron chi connectivity index (χ0n) is 11.6. The molecule has 2 rings (SSSR count). The molecule has 2 heterocycles. The van der Waals surface area contributed by atoms with Crippen LogP contribution >= 0.6 is 12.4 Å². The quantitative estimate of drug-likeness (QED) is 0.836. The molecule has 0 aromatic heterocycles. The number of carbonyl (C=O) groups excluding carboxylic acids is 1. The highest BCUT2D eigenvalue weighted by Gasteiger charge is 2.42. The van der Waals surface area contributed by atoms with E-state index in [1.807, 2.05) is 4.90 Å². The molecule has 0 spiro atoms. The van der Waals surface area contributed by atoms with Crippen LogP contribution in [-0.2, 0) is 14.3 Å². The SMILES string of the molecule is CCC1CN(C(=O)C2(CN)CCOCC2)CCO1.Cl. The van der Waals surface area contributed by atoms with E-state index in [1.54, 1.807) is 0 Å². The Hall–Kier alpha value is -0.360. The van der Waals surface area contributed by atoms with Crippen LogP contribution in [0, 0.1) is 5.41 Å². The Bertz CT molecular complexity index is 296. The molecule has 5 nitrogen and oxygen atoms in total. The van der Waals surface area contributed by atoms with Crippen LogP contribution in [0.3, 0.4) is 0 Å². The van der Waals surface area contributed by atoms with E-state index in [9.17, 15) is 4.79 Å². The van der Waals surface area contributed by atoms with Crippen molar-refractivity contribution in [3.63, 3.8) is 0 Å². The Balaban J connectivity index is 0.00000180. The van der Waals surface area contributed by atoms with Crippen LogP contribution in [0.5, 0.6) is 0 Å². The molecule has 0 aromatic rings. The first-order chi connectivity index (χ1) is 8.72. The highest BCUT2D eigenvalue weighted by molar-refractivity contribution is 5.85. The van der Waals surface area contributed by atoms with Gasteiger partial charge in [-0.05, 0) is 19.3 Å². The van der Waals surface area contributed by atoms with Crippen molar-refractivity contribution in [2.45, 2.75) is 32.3 Å². The van der Waals surface area contributed by atoms with Crippen LogP contribution in [0.4, 0.5) is 0 Å². The van der Waals surface area contributed by atoms with Crippen molar-refractivity contribution in [2.24, 2.45) is 11.1 Å². The second-order valence-corrected chi connectivity index (χ2v) is 5.25. The van der Waals surface area contributed by atoms with Gasteiger partial charge in [-0.2, -0.15) is 0 Å². The van der Waals surface area contributed by atoms with Crippen LogP contribution in [0.2, 0.25) is 0 Å². The van der Waals surface area contributed by atoms with E-state index in [4.69, 9.17) is 15.2 Å². The van der Waals surface area contributed by atoms with E-state index < -0.39 is 5.41 Å². The van der Waals surface area contributed by atoms with Crippen molar-refractivity contribution in [3.8, 4) is 0 Å². The van der Waals surface area contributed by atoms with E-state index >= 15 is 0 Å². The van der Waals surface area contributed by atoms with E-state index in [2.05, 4.69) is 6.92 Å². The zero-order chi connectivity index (χ0) is 13.0. The van der Waals surface area contributed by atoms with Crippen molar-refractivity contribution >= 4 is 18.3 Å². The summed E-state index contributed by atoms with van der Waals surface area (Å²) >= 11 is 0. The molecule has 0 aromatic carbocycles. The number of rotatable bonds is 3. The number of carbonyl (C=O) groups is 1. The Kier molecular flexibility index (Phi) is 6.53. The van der Waals surface area contributed by atoms with Crippen LogP contribution in [0.1, 0.15) is 26.2 Å². The number of hydrogen-bond acceptors (Lipinski definition) is 4. The highest BCUT2D eigenvalue weighted by atomic mass is 35.5. The first kappa shape index (κ1) is 16.7. The Morgan fingerprint density at radius 1 is 1.37 bits per heavy atom. The molecule has 19 heavy (non-hydrogen) atoms. The lowest BCUT2D eigenvalue weighted by Crippen LogP contribution is -2.55. The van der Waals surface area contributed by atoms with Gasteiger partial charge in [0.1, 0.15) is 0 Å². The molecular weight excluding hydrogens is 268 g/mol. The summed E-state index contributed by atoms with van der Waals surface area (Å²) in [5.41, 5.74) is 5.48. The molecule has 0 aliphatic carbocycles. The van der Waals surface area contributed by atoms with Gasteiger partial charge in [-0.3, -0.25) is 4.79 Å². The maximum atomic E-state index is 12.7. The molecular formula is C13H25ClN2O3. The van der Waals surface area contributed by atoms with E-state index in [-0.39, 0.29) is 24.4 Å². The van der Waals surface area contributed by atoms with Gasteiger partial charge in [-0.1, -0.05) is 6.92 Å². The molecule has 2 aliphatic rings. The molecule has 1 unspecified atom stereocenters. The lowest BCUT2D eigenvalue weighted by atomic mass is 9.78. The first-order valence-corrected chi connectivity index (χ1v) is 6.90. The van der Waals surface area contributed by atoms with Gasteiger partial charge in [0.2, 0.25) is 5.91 Å². The van der Waals surface area contributed by atoms with Crippen molar-refractivity contribution in [3.05, 3.63) is 0 Å². The minimum atomic E-state index is -0.395. The fourth-order valence-corrected chi connectivity index (χ4v) is 2.75. The number of nitrogens with zero attached hydrogens (tertiary/aromatic N) is 1. The van der Waals surface area contributed by atoms with Crippen LogP contribution in [0.15, 0.2) is 0 Å². The third-order valence-corrected chi connectivity index (χ3v) is 4.18. The van der Waals surface area contributed by atoms with Gasteiger partial charge in [0.15, 0.2) is 0 Å². The topological polar surface area (TPSA) is 64.8 Å². The summed E-state index contributed by atoms with van der Waals surface area (Å²) < 4.78 is 11.0. The van der Waals surface area contributed by atoms with Crippen molar-refractivity contribution in [1.29, 1.82) is 0 Å². The van der Waals surface area contributed by atoms with Crippen molar-refractivity contribution in [1.82, 2.24) is 4.90 Å². The molecule has 0 radical (unpaired) electrons. The third-order valence-electron chi connectivity index (χ3n) is 4.18. The Morgan fingerprint density at radius 3 is 2.63 bits per heavy atom. The fourth-order valence-electron chi connectivity index (χ4n) is 2.75. The number of amides is 1. The average molecular weight is 293 g/mol. The molecule has 1 atom stereocenters. The molecule has 2 fully saturated rings. The minimum absolute atomic E-state index is 0. The summed E-state index contributed by atoms with van der Waals surface area (Å²) in [5, 5.41) is 0. The van der Waals surface area contributed by atoms with E-state index in [0.717, 1.165) is 19.3 Å². The number of nitrogens with two attached hydrogens (primary N) is 1. The lowest BCUT2D eigenvalue weighted by Gasteiger charge is -2.41. The zero-order valence-corrected chi connectivity index (χ0v) is 12.4. The molecule has 0 bridgehead atoms. The largest absolute Gasteiger partial charge is 0.381 e. The predicted octanol–water partition coefficient (Wildman–Crippen LogP) is 0.801. The molecule has 1 amide bonds. The lowest BCUT2D eigenvalue weighted by molar-refractivity contribution is -0.154. The Labute approximate surface area is 121 Å². The van der Waals surface area contributed by atoms with Gasteiger partial charge >= 0.3 is 0 Å². The van der Waals surface area contributed by atoms with Gasteiger partial charge < -0.3 is 20.1 Å². The van der Waals surface area contributed by atoms with Gasteiger partial charge in [0.25, 0.3) is 0 Å². The van der Waals surface area contributed by atoms with Crippen LogP contribution < -0.4 is 5.73 Å². The van der Waals surface area contributed by atoms with Gasteiger partial charge in [-0.25, -0.2) is 0 Å².